The summed E-state index contributed by atoms with van der Waals surface area (Å²) in [6.07, 6.45) is -0.735. The zero-order valence-corrected chi connectivity index (χ0v) is 9.66. The van der Waals surface area contributed by atoms with E-state index in [4.69, 9.17) is 0 Å². The lowest BCUT2D eigenvalue weighted by Crippen LogP contribution is -2.21. The average Bonchev–Trinajstić information content (AvgIpc) is 2.21. The molecule has 7 heteroatoms. The van der Waals surface area contributed by atoms with Crippen molar-refractivity contribution < 1.29 is 14.7 Å². The number of hydrogen-bond donors (Lipinski definition) is 2. The molecular weight excluding hydrogens is 236 g/mol. The van der Waals surface area contributed by atoms with Crippen molar-refractivity contribution in [2.45, 2.75) is 11.9 Å². The Kier molecular flexibility index (Phi) is 4.57. The van der Waals surface area contributed by atoms with E-state index >= 15 is 0 Å². The van der Waals surface area contributed by atoms with Crippen molar-refractivity contribution in [1.29, 1.82) is 0 Å². The van der Waals surface area contributed by atoms with Crippen LogP contribution in [0.4, 0.5) is 4.79 Å². The highest BCUT2D eigenvalue weighted by Crippen LogP contribution is 2.17. The smallest absolute Gasteiger partial charge is 0.435 e. The molecular formula is C8H10N2O3S2. The van der Waals surface area contributed by atoms with Crippen molar-refractivity contribution in [3.8, 4) is 0 Å². The number of thiol groups is 1. The normalized spacial score (nSPS) is 11.5. The number of pyridine rings is 1. The van der Waals surface area contributed by atoms with Crippen LogP contribution in [0.25, 0.3) is 0 Å². The fraction of sp³-hybridized carbons (Fsp3) is 0.250. The van der Waals surface area contributed by atoms with Crippen molar-refractivity contribution in [2.24, 2.45) is 4.99 Å². The van der Waals surface area contributed by atoms with E-state index in [1.807, 2.05) is 0 Å². The lowest BCUT2D eigenvalue weighted by Gasteiger charge is -2.03. The lowest BCUT2D eigenvalue weighted by atomic mass is 10.5. The summed E-state index contributed by atoms with van der Waals surface area (Å²) in [7, 11) is 1.05. The summed E-state index contributed by atoms with van der Waals surface area (Å²) >= 11 is 3.94. The number of aromatic nitrogens is 1. The summed E-state index contributed by atoms with van der Waals surface area (Å²) in [5.74, 6) is 0. The number of rotatable bonds is 2. The van der Waals surface area contributed by atoms with Gasteiger partial charge in [0.05, 0.1) is 6.61 Å². The van der Waals surface area contributed by atoms with E-state index in [0.29, 0.717) is 5.03 Å². The highest BCUT2D eigenvalue weighted by Gasteiger charge is 2.01. The van der Waals surface area contributed by atoms with Crippen molar-refractivity contribution >= 4 is 28.5 Å². The Morgan fingerprint density at radius 3 is 3.07 bits per heavy atom. The van der Waals surface area contributed by atoms with Gasteiger partial charge in [-0.3, -0.25) is 0 Å². The molecule has 1 N–H and O–H groups in total. The molecule has 0 spiro atoms. The average molecular weight is 246 g/mol. The molecule has 0 aromatic carbocycles. The third-order valence-corrected chi connectivity index (χ3v) is 2.53. The molecule has 0 bridgehead atoms. The molecule has 0 aliphatic heterocycles. The quantitative estimate of drug-likeness (QED) is 0.474. The molecule has 5 nitrogen and oxygen atoms in total. The molecule has 0 fully saturated rings. The van der Waals surface area contributed by atoms with Crippen molar-refractivity contribution in [3.05, 3.63) is 23.7 Å². The number of ether oxygens (including phenoxy) is 1. The minimum atomic E-state index is -0.735. The largest absolute Gasteiger partial charge is 0.448 e. The van der Waals surface area contributed by atoms with Crippen molar-refractivity contribution in [3.63, 3.8) is 0 Å². The minimum Gasteiger partial charge on any atom is -0.448 e. The van der Waals surface area contributed by atoms with Crippen molar-refractivity contribution in [1.82, 2.24) is 4.73 Å². The molecule has 1 aromatic heterocycles. The maximum Gasteiger partial charge on any atom is 0.435 e. The maximum absolute atomic E-state index is 11.0. The van der Waals surface area contributed by atoms with Crippen LogP contribution in [0.15, 0.2) is 28.2 Å². The summed E-state index contributed by atoms with van der Waals surface area (Å²) in [6, 6.07) is 4.79. The van der Waals surface area contributed by atoms with Gasteiger partial charge in [-0.15, -0.1) is 11.7 Å². The van der Waals surface area contributed by atoms with Gasteiger partial charge < -0.3 is 9.94 Å². The van der Waals surface area contributed by atoms with Crippen LogP contribution in [0.3, 0.4) is 0 Å². The molecule has 0 saturated heterocycles. The molecule has 0 radical (unpaired) electrons. The third kappa shape index (κ3) is 3.21. The highest BCUT2D eigenvalue weighted by atomic mass is 33.1. The molecule has 1 amide bonds. The van der Waals surface area contributed by atoms with Crippen LogP contribution < -0.4 is 5.49 Å². The highest BCUT2D eigenvalue weighted by molar-refractivity contribution is 8.68. The van der Waals surface area contributed by atoms with Crippen LogP contribution in [-0.4, -0.2) is 22.6 Å². The van der Waals surface area contributed by atoms with Crippen LogP contribution in [0.1, 0.15) is 6.92 Å². The molecule has 82 valence electrons. The molecule has 1 rings (SSSR count). The zero-order chi connectivity index (χ0) is 11.3. The van der Waals surface area contributed by atoms with Crippen LogP contribution in [0, 0.1) is 0 Å². The molecule has 0 unspecified atom stereocenters. The van der Waals surface area contributed by atoms with E-state index in [-0.39, 0.29) is 12.1 Å². The van der Waals surface area contributed by atoms with Crippen molar-refractivity contribution in [2.75, 3.05) is 6.61 Å². The summed E-state index contributed by atoms with van der Waals surface area (Å²) in [4.78, 5) is 14.6. The number of hydrogen-bond acceptors (Lipinski definition) is 5. The first-order valence-corrected chi connectivity index (χ1v) is 6.00. The Morgan fingerprint density at radius 1 is 1.73 bits per heavy atom. The maximum atomic E-state index is 11.0. The first-order chi connectivity index (χ1) is 7.19. The van der Waals surface area contributed by atoms with Gasteiger partial charge in [-0.25, -0.2) is 4.79 Å². The Bertz CT molecular complexity index is 417. The van der Waals surface area contributed by atoms with Crippen LogP contribution in [0.2, 0.25) is 0 Å². The van der Waals surface area contributed by atoms with Gasteiger partial charge in [-0.05, 0) is 29.9 Å². The molecule has 0 saturated carbocycles. The number of carbonyl (C=O) groups excluding carboxylic acids is 1. The molecule has 0 atom stereocenters. The second-order valence-corrected chi connectivity index (χ2v) is 3.58. The van der Waals surface area contributed by atoms with E-state index in [2.05, 4.69) is 21.4 Å². The summed E-state index contributed by atoms with van der Waals surface area (Å²) < 4.78 is 5.39. The molecule has 1 aromatic rings. The third-order valence-electron chi connectivity index (χ3n) is 1.48. The van der Waals surface area contributed by atoms with Gasteiger partial charge in [-0.2, -0.15) is 9.72 Å². The van der Waals surface area contributed by atoms with Crippen LogP contribution in [-0.2, 0) is 4.74 Å². The standard InChI is InChI=1S/C8H10N2O3S2/c1-2-13-8(11)9-6-4-3-5-7(15-14)10(6)12/h3-5,12,14H,2H2,1H3. The summed E-state index contributed by atoms with van der Waals surface area (Å²) in [5.41, 5.74) is 0.104. The Hall–Kier alpha value is -1.08. The number of nitrogens with zero attached hydrogens (tertiary/aromatic N) is 2. The molecule has 0 aliphatic rings. The van der Waals surface area contributed by atoms with Gasteiger partial charge in [0.15, 0.2) is 5.49 Å². The SMILES string of the molecule is CCOC(=O)N=c1cccc(SS)n1O. The van der Waals surface area contributed by atoms with E-state index in [9.17, 15) is 10.0 Å². The number of carbonyl (C=O) groups is 1. The van der Waals surface area contributed by atoms with E-state index in [1.54, 1.807) is 19.1 Å². The predicted octanol–water partition coefficient (Wildman–Crippen LogP) is 1.72. The Morgan fingerprint density at radius 2 is 2.47 bits per heavy atom. The van der Waals surface area contributed by atoms with Gasteiger partial charge in [-0.1, -0.05) is 6.07 Å². The van der Waals surface area contributed by atoms with E-state index in [1.165, 1.54) is 6.07 Å². The van der Waals surface area contributed by atoms with E-state index in [0.717, 1.165) is 15.5 Å². The minimum absolute atomic E-state index is 0.104. The molecule has 1 heterocycles. The Balaban J connectivity index is 3.09. The van der Waals surface area contributed by atoms with Gasteiger partial charge in [0, 0.05) is 0 Å². The molecule has 0 aliphatic carbocycles. The first kappa shape index (κ1) is 12.0. The fourth-order valence-corrected chi connectivity index (χ4v) is 1.60. The van der Waals surface area contributed by atoms with E-state index < -0.39 is 6.09 Å². The fourth-order valence-electron chi connectivity index (χ4n) is 0.874. The van der Waals surface area contributed by atoms with Gasteiger partial charge in [0.2, 0.25) is 0 Å². The number of amides is 1. The zero-order valence-electron chi connectivity index (χ0n) is 7.95. The van der Waals surface area contributed by atoms with Crippen LogP contribution in [0.5, 0.6) is 0 Å². The summed E-state index contributed by atoms with van der Waals surface area (Å²) in [5, 5.41) is 10.0. The van der Waals surface area contributed by atoms with Gasteiger partial charge in [0.1, 0.15) is 5.03 Å². The second kappa shape index (κ2) is 5.72. The lowest BCUT2D eigenvalue weighted by molar-refractivity contribution is 0.140. The first-order valence-electron chi connectivity index (χ1n) is 4.13. The van der Waals surface area contributed by atoms with Gasteiger partial charge in [0.25, 0.3) is 0 Å². The van der Waals surface area contributed by atoms with Crippen LogP contribution >= 0.6 is 22.5 Å². The topological polar surface area (TPSA) is 63.8 Å². The molecule has 15 heavy (non-hydrogen) atoms. The van der Waals surface area contributed by atoms with Gasteiger partial charge >= 0.3 is 6.09 Å². The predicted molar refractivity (Wildman–Crippen MR) is 59.0 cm³/mol. The Labute approximate surface area is 95.6 Å². The second-order valence-electron chi connectivity index (χ2n) is 2.44. The monoisotopic (exact) mass is 246 g/mol. The summed E-state index contributed by atoms with van der Waals surface area (Å²) in [6.45, 7) is 1.93.